The summed E-state index contributed by atoms with van der Waals surface area (Å²) in [5, 5.41) is 10.7. The first kappa shape index (κ1) is 27.6. The SMILES string of the molecule is O=C([O-])/C=C/c1ccc(-c2nc3c([nH]2)c(=O)n(CC2CCCCC2)c(=O)n3CC2CCCCC2)cc1.[Na+]. The fourth-order valence-electron chi connectivity index (χ4n) is 5.80. The monoisotopic (exact) mass is 512 g/mol. The number of aliphatic carboxylic acids is 1. The van der Waals surface area contributed by atoms with Gasteiger partial charge in [-0.2, -0.15) is 0 Å². The van der Waals surface area contributed by atoms with Gasteiger partial charge in [0.25, 0.3) is 5.56 Å². The summed E-state index contributed by atoms with van der Waals surface area (Å²) in [6.07, 6.45) is 13.9. The van der Waals surface area contributed by atoms with Gasteiger partial charge in [0.1, 0.15) is 11.3 Å². The van der Waals surface area contributed by atoms with Crippen LogP contribution in [0, 0.1) is 11.8 Å². The fraction of sp³-hybridized carbons (Fsp3) is 0.500. The quantitative estimate of drug-likeness (QED) is 0.366. The minimum atomic E-state index is -1.25. The molecule has 0 aliphatic heterocycles. The first-order valence-corrected chi connectivity index (χ1v) is 13.2. The molecule has 0 atom stereocenters. The molecule has 5 rings (SSSR count). The Balaban J connectivity index is 0.00000320. The maximum Gasteiger partial charge on any atom is 1.00 e. The van der Waals surface area contributed by atoms with Crippen LogP contribution in [0.5, 0.6) is 0 Å². The minimum absolute atomic E-state index is 0. The summed E-state index contributed by atoms with van der Waals surface area (Å²) in [5.41, 5.74) is 1.72. The van der Waals surface area contributed by atoms with E-state index in [-0.39, 0.29) is 40.8 Å². The number of carbonyl (C=O) groups is 1. The molecule has 2 aliphatic carbocycles. The van der Waals surface area contributed by atoms with E-state index in [0.717, 1.165) is 50.2 Å². The van der Waals surface area contributed by atoms with Crippen molar-refractivity contribution in [3.05, 3.63) is 56.7 Å². The Hall–Kier alpha value is -2.42. The van der Waals surface area contributed by atoms with Crippen LogP contribution < -0.4 is 45.9 Å². The van der Waals surface area contributed by atoms with Crippen molar-refractivity contribution >= 4 is 23.2 Å². The van der Waals surface area contributed by atoms with Crippen molar-refractivity contribution < 1.29 is 39.5 Å². The number of hydrogen-bond acceptors (Lipinski definition) is 5. The maximum absolute atomic E-state index is 13.7. The van der Waals surface area contributed by atoms with Gasteiger partial charge in [0.2, 0.25) is 0 Å². The zero-order chi connectivity index (χ0) is 25.1. The van der Waals surface area contributed by atoms with Crippen LogP contribution in [0.1, 0.15) is 69.8 Å². The topological polar surface area (TPSA) is 113 Å². The molecule has 2 saturated carbocycles. The zero-order valence-corrected chi connectivity index (χ0v) is 23.6. The van der Waals surface area contributed by atoms with Crippen LogP contribution in [-0.2, 0) is 17.9 Å². The Labute approximate surface area is 238 Å². The summed E-state index contributed by atoms with van der Waals surface area (Å²) < 4.78 is 3.17. The number of carbonyl (C=O) groups excluding carboxylic acids is 1. The molecule has 190 valence electrons. The van der Waals surface area contributed by atoms with Crippen LogP contribution in [-0.4, -0.2) is 25.1 Å². The zero-order valence-electron chi connectivity index (χ0n) is 21.6. The van der Waals surface area contributed by atoms with Gasteiger partial charge in [0.15, 0.2) is 5.65 Å². The number of imidazole rings is 1. The van der Waals surface area contributed by atoms with Gasteiger partial charge >= 0.3 is 35.2 Å². The molecule has 2 heterocycles. The molecule has 1 aromatic carbocycles. The van der Waals surface area contributed by atoms with Crippen LogP contribution in [0.2, 0.25) is 0 Å². The van der Waals surface area contributed by atoms with E-state index in [2.05, 4.69) is 4.98 Å². The van der Waals surface area contributed by atoms with Gasteiger partial charge < -0.3 is 14.9 Å². The molecule has 2 fully saturated rings. The van der Waals surface area contributed by atoms with Gasteiger partial charge in [-0.15, -0.1) is 0 Å². The second-order valence-electron chi connectivity index (χ2n) is 10.4. The summed E-state index contributed by atoms with van der Waals surface area (Å²) in [5.74, 6) is 0.0329. The molecular weight excluding hydrogens is 479 g/mol. The fourth-order valence-corrected chi connectivity index (χ4v) is 5.80. The molecule has 1 N–H and O–H groups in total. The first-order chi connectivity index (χ1) is 17.5. The molecule has 0 bridgehead atoms. The number of carboxylic acids is 1. The van der Waals surface area contributed by atoms with Gasteiger partial charge in [-0.3, -0.25) is 13.9 Å². The van der Waals surface area contributed by atoms with Crippen molar-refractivity contribution in [2.45, 2.75) is 77.3 Å². The Bertz CT molecular complexity index is 1370. The molecule has 0 unspecified atom stereocenters. The molecule has 9 heteroatoms. The van der Waals surface area contributed by atoms with E-state index in [1.54, 1.807) is 16.7 Å². The summed E-state index contributed by atoms with van der Waals surface area (Å²) in [7, 11) is 0. The van der Waals surface area contributed by atoms with Crippen LogP contribution in [0.25, 0.3) is 28.6 Å². The number of carboxylic acid groups (broad SMARTS) is 1. The van der Waals surface area contributed by atoms with E-state index in [0.29, 0.717) is 47.5 Å². The van der Waals surface area contributed by atoms with Gasteiger partial charge in [0, 0.05) is 18.7 Å². The molecule has 2 aromatic heterocycles. The largest absolute Gasteiger partial charge is 1.00 e. The minimum Gasteiger partial charge on any atom is -0.545 e. The van der Waals surface area contributed by atoms with Crippen molar-refractivity contribution in [3.8, 4) is 11.4 Å². The second kappa shape index (κ2) is 12.4. The standard InChI is InChI=1S/C28H34N4O4.Na/c33-23(34)16-13-19-11-14-22(15-12-19)25-29-24-26(30-25)31(17-20-7-3-1-4-8-20)28(36)32(27(24)35)18-21-9-5-2-6-10-21;/h11-16,20-21H,1-10,17-18H2,(H,29,30)(H,33,34);/q;+1/p-1/b16-13+;. The summed E-state index contributed by atoms with van der Waals surface area (Å²) in [4.78, 5) is 45.8. The predicted octanol–water partition coefficient (Wildman–Crippen LogP) is 0.481. The van der Waals surface area contributed by atoms with Crippen LogP contribution >= 0.6 is 0 Å². The van der Waals surface area contributed by atoms with E-state index in [1.807, 2.05) is 12.1 Å². The molecule has 8 nitrogen and oxygen atoms in total. The molecule has 0 spiro atoms. The van der Waals surface area contributed by atoms with E-state index in [4.69, 9.17) is 4.98 Å². The Morgan fingerprint density at radius 2 is 1.49 bits per heavy atom. The molecule has 2 aliphatic rings. The van der Waals surface area contributed by atoms with Crippen molar-refractivity contribution in [1.82, 2.24) is 19.1 Å². The van der Waals surface area contributed by atoms with E-state index in [9.17, 15) is 19.5 Å². The van der Waals surface area contributed by atoms with E-state index < -0.39 is 5.97 Å². The second-order valence-corrected chi connectivity index (χ2v) is 10.4. The van der Waals surface area contributed by atoms with Gasteiger partial charge in [-0.1, -0.05) is 68.9 Å². The summed E-state index contributed by atoms with van der Waals surface area (Å²) >= 11 is 0. The summed E-state index contributed by atoms with van der Waals surface area (Å²) in [6.45, 7) is 1.05. The third-order valence-corrected chi connectivity index (χ3v) is 7.79. The average molecular weight is 513 g/mol. The molecule has 37 heavy (non-hydrogen) atoms. The number of H-pyrrole nitrogens is 1. The van der Waals surface area contributed by atoms with Crippen molar-refractivity contribution in [3.63, 3.8) is 0 Å². The Morgan fingerprint density at radius 3 is 2.05 bits per heavy atom. The Kier molecular flexibility index (Phi) is 9.27. The molecule has 3 aromatic rings. The van der Waals surface area contributed by atoms with E-state index in [1.165, 1.54) is 36.3 Å². The predicted molar refractivity (Wildman–Crippen MR) is 137 cm³/mol. The maximum atomic E-state index is 13.7. The number of nitrogens with zero attached hydrogens (tertiary/aromatic N) is 3. The average Bonchev–Trinajstić information content (AvgIpc) is 3.35. The number of aromatic amines is 1. The summed E-state index contributed by atoms with van der Waals surface area (Å²) in [6, 6.07) is 7.18. The van der Waals surface area contributed by atoms with Crippen molar-refractivity contribution in [1.29, 1.82) is 0 Å². The molecule has 0 amide bonds. The smallest absolute Gasteiger partial charge is 0.545 e. The van der Waals surface area contributed by atoms with Crippen molar-refractivity contribution in [2.75, 3.05) is 0 Å². The number of hydrogen-bond donors (Lipinski definition) is 1. The number of benzene rings is 1. The van der Waals surface area contributed by atoms with Crippen LogP contribution in [0.3, 0.4) is 0 Å². The number of rotatable bonds is 7. The van der Waals surface area contributed by atoms with Crippen molar-refractivity contribution in [2.24, 2.45) is 11.8 Å². The van der Waals surface area contributed by atoms with E-state index >= 15 is 0 Å². The number of fused-ring (bicyclic) bond motifs is 1. The first-order valence-electron chi connectivity index (χ1n) is 13.2. The third-order valence-electron chi connectivity index (χ3n) is 7.79. The Morgan fingerprint density at radius 1 is 0.919 bits per heavy atom. The molecule has 0 saturated heterocycles. The molecular formula is C28H33N4NaO4. The van der Waals surface area contributed by atoms with Crippen LogP contribution in [0.4, 0.5) is 0 Å². The van der Waals surface area contributed by atoms with Gasteiger partial charge in [-0.25, -0.2) is 9.78 Å². The number of nitrogens with one attached hydrogen (secondary N) is 1. The number of aromatic nitrogens is 4. The van der Waals surface area contributed by atoms with Gasteiger partial charge in [0.05, 0.1) is 5.97 Å². The van der Waals surface area contributed by atoms with Crippen LogP contribution in [0.15, 0.2) is 39.9 Å². The molecule has 0 radical (unpaired) electrons. The normalized spacial score (nSPS) is 17.3. The van der Waals surface area contributed by atoms with Gasteiger partial charge in [-0.05, 0) is 49.2 Å². The third kappa shape index (κ3) is 6.36.